The van der Waals surface area contributed by atoms with Crippen LogP contribution in [0.25, 0.3) is 0 Å². The molecule has 0 saturated heterocycles. The molecule has 13 heavy (non-hydrogen) atoms. The van der Waals surface area contributed by atoms with Crippen LogP contribution in [-0.2, 0) is 9.53 Å². The lowest BCUT2D eigenvalue weighted by molar-refractivity contribution is -0.154. The lowest BCUT2D eigenvalue weighted by Gasteiger charge is -2.19. The third-order valence-corrected chi connectivity index (χ3v) is 1.15. The molecule has 0 unspecified atom stereocenters. The first-order valence-electron chi connectivity index (χ1n) is 4.17. The van der Waals surface area contributed by atoms with Crippen molar-refractivity contribution in [2.45, 2.75) is 67.4 Å². The van der Waals surface area contributed by atoms with Crippen LogP contribution in [0.5, 0.6) is 0 Å². The number of ether oxygens (including phenoxy) is 1. The molecule has 0 aliphatic heterocycles. The molecule has 0 N–H and O–H groups in total. The van der Waals surface area contributed by atoms with Crippen molar-refractivity contribution >= 4 is 5.97 Å². The van der Waals surface area contributed by atoms with Crippen molar-refractivity contribution < 1.29 is 9.53 Å². The Kier molecular flexibility index (Phi) is 11.4. The summed E-state index contributed by atoms with van der Waals surface area (Å²) in [4.78, 5) is 11.0. The monoisotopic (exact) mass is 190 g/mol. The molecule has 2 nitrogen and oxygen atoms in total. The normalized spacial score (nSPS) is 9.54. The standard InChI is InChI=1S/C9H18O2.2CH4/c1-5-6-7-8(10)11-9(2,3)4;;/h5-7H2,1-4H3;2*1H4. The number of hydrogen-bond donors (Lipinski definition) is 0. The highest BCUT2D eigenvalue weighted by atomic mass is 16.6. The predicted octanol–water partition coefficient (Wildman–Crippen LogP) is 3.79. The molecule has 2 heteroatoms. The van der Waals surface area contributed by atoms with E-state index >= 15 is 0 Å². The minimum absolute atomic E-state index is 0. The largest absolute Gasteiger partial charge is 0.460 e. The van der Waals surface area contributed by atoms with Gasteiger partial charge in [0.1, 0.15) is 5.60 Å². The second-order valence-corrected chi connectivity index (χ2v) is 3.69. The van der Waals surface area contributed by atoms with Gasteiger partial charge in [0.25, 0.3) is 0 Å². The van der Waals surface area contributed by atoms with Crippen molar-refractivity contribution in [3.05, 3.63) is 0 Å². The first-order valence-corrected chi connectivity index (χ1v) is 4.17. The van der Waals surface area contributed by atoms with Crippen LogP contribution in [0.1, 0.15) is 61.8 Å². The van der Waals surface area contributed by atoms with Crippen LogP contribution in [0.2, 0.25) is 0 Å². The van der Waals surface area contributed by atoms with Gasteiger partial charge in [0.05, 0.1) is 0 Å². The summed E-state index contributed by atoms with van der Waals surface area (Å²) in [6.45, 7) is 7.72. The number of rotatable bonds is 3. The van der Waals surface area contributed by atoms with Gasteiger partial charge in [0.15, 0.2) is 0 Å². The number of carbonyl (C=O) groups is 1. The molecule has 0 aliphatic rings. The van der Waals surface area contributed by atoms with Crippen LogP contribution in [0.4, 0.5) is 0 Å². The van der Waals surface area contributed by atoms with Crippen molar-refractivity contribution in [3.8, 4) is 0 Å². The second-order valence-electron chi connectivity index (χ2n) is 3.69. The Hall–Kier alpha value is -0.530. The van der Waals surface area contributed by atoms with Gasteiger partial charge in [-0.3, -0.25) is 4.79 Å². The van der Waals surface area contributed by atoms with Crippen LogP contribution in [-0.4, -0.2) is 11.6 Å². The molecule has 0 aliphatic carbocycles. The number of unbranched alkanes of at least 4 members (excludes halogenated alkanes) is 1. The van der Waals surface area contributed by atoms with E-state index in [1.807, 2.05) is 20.8 Å². The van der Waals surface area contributed by atoms with Crippen LogP contribution < -0.4 is 0 Å². The Bertz CT molecular complexity index is 123. The lowest BCUT2D eigenvalue weighted by atomic mass is 10.2. The smallest absolute Gasteiger partial charge is 0.306 e. The Labute approximate surface area is 83.7 Å². The van der Waals surface area contributed by atoms with E-state index in [-0.39, 0.29) is 26.4 Å². The maximum Gasteiger partial charge on any atom is 0.306 e. The van der Waals surface area contributed by atoms with Crippen molar-refractivity contribution in [1.29, 1.82) is 0 Å². The Morgan fingerprint density at radius 2 is 1.69 bits per heavy atom. The SMILES string of the molecule is C.C.CCCCC(=O)OC(C)(C)C. The van der Waals surface area contributed by atoms with E-state index in [4.69, 9.17) is 4.74 Å². The summed E-state index contributed by atoms with van der Waals surface area (Å²) < 4.78 is 5.10. The summed E-state index contributed by atoms with van der Waals surface area (Å²) in [5.41, 5.74) is -0.329. The number of carbonyl (C=O) groups excluding carboxylic acids is 1. The zero-order chi connectivity index (χ0) is 8.91. The van der Waals surface area contributed by atoms with E-state index in [1.165, 1.54) is 0 Å². The summed E-state index contributed by atoms with van der Waals surface area (Å²) in [7, 11) is 0. The number of esters is 1. The molecule has 0 amide bonds. The average molecular weight is 190 g/mol. The predicted molar refractivity (Wildman–Crippen MR) is 58.8 cm³/mol. The Morgan fingerprint density at radius 3 is 2.00 bits per heavy atom. The van der Waals surface area contributed by atoms with E-state index in [0.29, 0.717) is 6.42 Å². The van der Waals surface area contributed by atoms with Gasteiger partial charge in [-0.2, -0.15) is 0 Å². The fraction of sp³-hybridized carbons (Fsp3) is 0.909. The van der Waals surface area contributed by atoms with Gasteiger partial charge in [-0.05, 0) is 27.2 Å². The maximum atomic E-state index is 11.0. The minimum atomic E-state index is -0.329. The van der Waals surface area contributed by atoms with Crippen LogP contribution in [0.15, 0.2) is 0 Å². The van der Waals surface area contributed by atoms with E-state index in [2.05, 4.69) is 6.92 Å². The maximum absolute atomic E-state index is 11.0. The molecule has 82 valence electrons. The Morgan fingerprint density at radius 1 is 1.23 bits per heavy atom. The molecule has 0 radical (unpaired) electrons. The molecular formula is C11H26O2. The van der Waals surface area contributed by atoms with Gasteiger partial charge in [-0.15, -0.1) is 0 Å². The highest BCUT2D eigenvalue weighted by molar-refractivity contribution is 5.69. The molecule has 0 saturated carbocycles. The highest BCUT2D eigenvalue weighted by Crippen LogP contribution is 2.09. The van der Waals surface area contributed by atoms with E-state index in [0.717, 1.165) is 12.8 Å². The first kappa shape index (κ1) is 18.3. The molecule has 0 rings (SSSR count). The average Bonchev–Trinajstić information content (AvgIpc) is 1.79. The molecular weight excluding hydrogens is 164 g/mol. The Balaban J connectivity index is -0.000000500. The van der Waals surface area contributed by atoms with Gasteiger partial charge in [-0.25, -0.2) is 0 Å². The first-order chi connectivity index (χ1) is 4.95. The summed E-state index contributed by atoms with van der Waals surface area (Å²) in [6, 6.07) is 0. The van der Waals surface area contributed by atoms with Crippen LogP contribution in [0, 0.1) is 0 Å². The third-order valence-electron chi connectivity index (χ3n) is 1.15. The van der Waals surface area contributed by atoms with E-state index in [9.17, 15) is 4.79 Å². The van der Waals surface area contributed by atoms with Gasteiger partial charge >= 0.3 is 5.97 Å². The molecule has 0 bridgehead atoms. The quantitative estimate of drug-likeness (QED) is 0.633. The molecule has 0 heterocycles. The minimum Gasteiger partial charge on any atom is -0.460 e. The fourth-order valence-electron chi connectivity index (χ4n) is 0.714. The molecule has 0 atom stereocenters. The summed E-state index contributed by atoms with van der Waals surface area (Å²) >= 11 is 0. The van der Waals surface area contributed by atoms with Gasteiger partial charge < -0.3 is 4.74 Å². The molecule has 0 fully saturated rings. The highest BCUT2D eigenvalue weighted by Gasteiger charge is 2.14. The summed E-state index contributed by atoms with van der Waals surface area (Å²) in [6.07, 6.45) is 2.52. The fourth-order valence-corrected chi connectivity index (χ4v) is 0.714. The molecule has 0 aromatic rings. The lowest BCUT2D eigenvalue weighted by Crippen LogP contribution is -2.23. The second kappa shape index (κ2) is 8.09. The number of hydrogen-bond acceptors (Lipinski definition) is 2. The van der Waals surface area contributed by atoms with Crippen LogP contribution in [0.3, 0.4) is 0 Å². The molecule has 0 spiro atoms. The topological polar surface area (TPSA) is 26.3 Å². The van der Waals surface area contributed by atoms with E-state index in [1.54, 1.807) is 0 Å². The van der Waals surface area contributed by atoms with Crippen molar-refractivity contribution in [2.24, 2.45) is 0 Å². The zero-order valence-electron chi connectivity index (χ0n) is 7.94. The third kappa shape index (κ3) is 14.3. The summed E-state index contributed by atoms with van der Waals surface area (Å²) in [5, 5.41) is 0. The molecule has 0 aromatic carbocycles. The summed E-state index contributed by atoms with van der Waals surface area (Å²) in [5.74, 6) is -0.0839. The van der Waals surface area contributed by atoms with Crippen LogP contribution >= 0.6 is 0 Å². The van der Waals surface area contributed by atoms with Gasteiger partial charge in [0, 0.05) is 6.42 Å². The molecule has 0 aromatic heterocycles. The van der Waals surface area contributed by atoms with Crippen molar-refractivity contribution in [1.82, 2.24) is 0 Å². The van der Waals surface area contributed by atoms with Crippen molar-refractivity contribution in [2.75, 3.05) is 0 Å². The van der Waals surface area contributed by atoms with Gasteiger partial charge in [0.2, 0.25) is 0 Å². The van der Waals surface area contributed by atoms with E-state index < -0.39 is 0 Å². The van der Waals surface area contributed by atoms with Gasteiger partial charge in [-0.1, -0.05) is 28.2 Å². The van der Waals surface area contributed by atoms with Crippen molar-refractivity contribution in [3.63, 3.8) is 0 Å². The zero-order valence-corrected chi connectivity index (χ0v) is 7.94.